The van der Waals surface area contributed by atoms with Crippen LogP contribution in [0, 0.1) is 0 Å². The maximum atomic E-state index is 13.5. The summed E-state index contributed by atoms with van der Waals surface area (Å²) in [7, 11) is -3.71. The summed E-state index contributed by atoms with van der Waals surface area (Å²) in [5.41, 5.74) is 2.36. The molecule has 0 spiro atoms. The number of nitrogens with one attached hydrogen (secondary N) is 1. The maximum Gasteiger partial charge on any atom is 0.242 e. The van der Waals surface area contributed by atoms with Gasteiger partial charge in [0.1, 0.15) is 6.04 Å². The van der Waals surface area contributed by atoms with E-state index in [2.05, 4.69) is 5.32 Å². The molecule has 0 aromatic heterocycles. The fraction of sp³-hybridized carbons (Fsp3) is 0.259. The molecule has 0 aliphatic rings. The van der Waals surface area contributed by atoms with E-state index in [4.69, 9.17) is 23.2 Å². The molecule has 0 fully saturated rings. The molecule has 2 amide bonds. The molecule has 0 bridgehead atoms. The standard InChI is InChI=1S/C27H29Cl2N3O4S/c1-20(27(34)30-16-21-8-12-24(28)13-9-21)32(18-23-10-14-25(29)15-11-23)26(33)19-31(37(2,35)36)17-22-6-4-3-5-7-22/h3-15,20H,16-19H2,1-2H3,(H,30,34)/t20-/m0/s1. The van der Waals surface area contributed by atoms with Gasteiger partial charge in [-0.1, -0.05) is 77.8 Å². The van der Waals surface area contributed by atoms with Gasteiger partial charge in [0.15, 0.2) is 0 Å². The number of nitrogens with zero attached hydrogens (tertiary/aromatic N) is 2. The molecule has 7 nitrogen and oxygen atoms in total. The number of carbonyl (C=O) groups excluding carboxylic acids is 2. The van der Waals surface area contributed by atoms with E-state index in [1.54, 1.807) is 79.7 Å². The third-order valence-electron chi connectivity index (χ3n) is 5.80. The second kappa shape index (κ2) is 13.1. The van der Waals surface area contributed by atoms with Crippen molar-refractivity contribution in [2.75, 3.05) is 12.8 Å². The molecule has 0 unspecified atom stereocenters. The Morgan fingerprint density at radius 3 is 1.86 bits per heavy atom. The highest BCUT2D eigenvalue weighted by Crippen LogP contribution is 2.16. The Morgan fingerprint density at radius 1 is 0.811 bits per heavy atom. The summed E-state index contributed by atoms with van der Waals surface area (Å²) in [6.07, 6.45) is 1.06. The lowest BCUT2D eigenvalue weighted by atomic mass is 10.1. The Hall–Kier alpha value is -2.91. The van der Waals surface area contributed by atoms with Crippen molar-refractivity contribution in [2.45, 2.75) is 32.6 Å². The van der Waals surface area contributed by atoms with Gasteiger partial charge in [0, 0.05) is 29.7 Å². The number of hydrogen-bond acceptors (Lipinski definition) is 4. The summed E-state index contributed by atoms with van der Waals surface area (Å²) in [5.74, 6) is -0.864. The molecule has 0 aliphatic heterocycles. The molecule has 0 heterocycles. The van der Waals surface area contributed by atoms with Crippen molar-refractivity contribution in [2.24, 2.45) is 0 Å². The Balaban J connectivity index is 1.80. The first-order chi connectivity index (χ1) is 17.5. The van der Waals surface area contributed by atoms with Crippen LogP contribution in [0.1, 0.15) is 23.6 Å². The topological polar surface area (TPSA) is 86.8 Å². The maximum absolute atomic E-state index is 13.5. The number of hydrogen-bond donors (Lipinski definition) is 1. The summed E-state index contributed by atoms with van der Waals surface area (Å²) in [5, 5.41) is 3.98. The van der Waals surface area contributed by atoms with E-state index < -0.39 is 28.5 Å². The molecule has 10 heteroatoms. The highest BCUT2D eigenvalue weighted by Gasteiger charge is 2.29. The van der Waals surface area contributed by atoms with Crippen LogP contribution in [0.15, 0.2) is 78.9 Å². The molecule has 196 valence electrons. The van der Waals surface area contributed by atoms with Gasteiger partial charge in [-0.05, 0) is 47.9 Å². The number of halogens is 2. The quantitative estimate of drug-likeness (QED) is 0.373. The summed E-state index contributed by atoms with van der Waals surface area (Å²) in [4.78, 5) is 28.0. The molecule has 3 rings (SSSR count). The molecule has 0 radical (unpaired) electrons. The lowest BCUT2D eigenvalue weighted by Crippen LogP contribution is -2.50. The van der Waals surface area contributed by atoms with E-state index in [1.165, 1.54) is 4.90 Å². The Labute approximate surface area is 228 Å². The molecule has 1 N–H and O–H groups in total. The Bertz CT molecular complexity index is 1300. The predicted octanol–water partition coefficient (Wildman–Crippen LogP) is 4.49. The van der Waals surface area contributed by atoms with Crippen LogP contribution in [0.25, 0.3) is 0 Å². The SMILES string of the molecule is C[C@@H](C(=O)NCc1ccc(Cl)cc1)N(Cc1ccc(Cl)cc1)C(=O)CN(Cc1ccccc1)S(C)(=O)=O. The van der Waals surface area contributed by atoms with Crippen LogP contribution in [-0.2, 0) is 39.2 Å². The minimum Gasteiger partial charge on any atom is -0.350 e. The van der Waals surface area contributed by atoms with Crippen LogP contribution in [-0.4, -0.2) is 48.3 Å². The molecule has 0 aliphatic carbocycles. The first-order valence-corrected chi connectivity index (χ1v) is 14.2. The molecule has 3 aromatic rings. The van der Waals surface area contributed by atoms with Gasteiger partial charge >= 0.3 is 0 Å². The van der Waals surface area contributed by atoms with Crippen LogP contribution in [0.4, 0.5) is 0 Å². The first kappa shape index (κ1) is 28.7. The van der Waals surface area contributed by atoms with E-state index in [0.717, 1.165) is 27.3 Å². The summed E-state index contributed by atoms with van der Waals surface area (Å²) < 4.78 is 26.2. The second-order valence-electron chi connectivity index (χ2n) is 8.69. The smallest absolute Gasteiger partial charge is 0.242 e. The van der Waals surface area contributed by atoms with Crippen molar-refractivity contribution < 1.29 is 18.0 Å². The van der Waals surface area contributed by atoms with Crippen LogP contribution in [0.2, 0.25) is 10.0 Å². The van der Waals surface area contributed by atoms with E-state index >= 15 is 0 Å². The molecule has 37 heavy (non-hydrogen) atoms. The Kier molecular flexibility index (Phi) is 10.1. The third kappa shape index (κ3) is 8.86. The van der Waals surface area contributed by atoms with Crippen LogP contribution in [0.3, 0.4) is 0 Å². The average molecular weight is 563 g/mol. The summed E-state index contributed by atoms with van der Waals surface area (Å²) >= 11 is 11.9. The predicted molar refractivity (Wildman–Crippen MR) is 146 cm³/mol. The number of amides is 2. The highest BCUT2D eigenvalue weighted by atomic mass is 35.5. The van der Waals surface area contributed by atoms with Crippen molar-refractivity contribution in [3.8, 4) is 0 Å². The van der Waals surface area contributed by atoms with Crippen molar-refractivity contribution in [1.29, 1.82) is 0 Å². The van der Waals surface area contributed by atoms with Gasteiger partial charge in [0.2, 0.25) is 21.8 Å². The number of sulfonamides is 1. The van der Waals surface area contributed by atoms with Gasteiger partial charge in [0.05, 0.1) is 12.8 Å². The fourth-order valence-electron chi connectivity index (χ4n) is 3.63. The minimum atomic E-state index is -3.71. The highest BCUT2D eigenvalue weighted by molar-refractivity contribution is 7.88. The van der Waals surface area contributed by atoms with Crippen molar-refractivity contribution in [3.05, 3.63) is 106 Å². The van der Waals surface area contributed by atoms with Gasteiger partial charge in [-0.3, -0.25) is 9.59 Å². The molecule has 3 aromatic carbocycles. The molecule has 0 saturated heterocycles. The number of benzene rings is 3. The summed E-state index contributed by atoms with van der Waals surface area (Å²) in [6, 6.07) is 22.1. The number of carbonyl (C=O) groups is 2. The third-order valence-corrected chi connectivity index (χ3v) is 7.50. The summed E-state index contributed by atoms with van der Waals surface area (Å²) in [6.45, 7) is 1.61. The van der Waals surface area contributed by atoms with E-state index in [1.807, 2.05) is 6.07 Å². The second-order valence-corrected chi connectivity index (χ2v) is 11.5. The van der Waals surface area contributed by atoms with Crippen LogP contribution < -0.4 is 5.32 Å². The first-order valence-electron chi connectivity index (χ1n) is 11.6. The van der Waals surface area contributed by atoms with E-state index in [-0.39, 0.29) is 25.5 Å². The molecular formula is C27H29Cl2N3O4S. The lowest BCUT2D eigenvalue weighted by Gasteiger charge is -2.31. The molecule has 1 atom stereocenters. The van der Waals surface area contributed by atoms with Crippen molar-refractivity contribution in [1.82, 2.24) is 14.5 Å². The van der Waals surface area contributed by atoms with Gasteiger partial charge in [-0.15, -0.1) is 0 Å². The van der Waals surface area contributed by atoms with Gasteiger partial charge < -0.3 is 10.2 Å². The zero-order valence-corrected chi connectivity index (χ0v) is 22.9. The van der Waals surface area contributed by atoms with Gasteiger partial charge in [-0.2, -0.15) is 4.31 Å². The fourth-order valence-corrected chi connectivity index (χ4v) is 4.61. The van der Waals surface area contributed by atoms with Gasteiger partial charge in [-0.25, -0.2) is 8.42 Å². The normalized spacial score (nSPS) is 12.2. The zero-order chi connectivity index (χ0) is 27.0. The lowest BCUT2D eigenvalue weighted by molar-refractivity contribution is -0.140. The van der Waals surface area contributed by atoms with Crippen LogP contribution in [0.5, 0.6) is 0 Å². The van der Waals surface area contributed by atoms with Crippen LogP contribution >= 0.6 is 23.2 Å². The van der Waals surface area contributed by atoms with Crippen molar-refractivity contribution in [3.63, 3.8) is 0 Å². The number of rotatable bonds is 11. The minimum absolute atomic E-state index is 0.0390. The average Bonchev–Trinajstić information content (AvgIpc) is 2.87. The largest absolute Gasteiger partial charge is 0.350 e. The van der Waals surface area contributed by atoms with E-state index in [0.29, 0.717) is 10.0 Å². The zero-order valence-electron chi connectivity index (χ0n) is 20.6. The van der Waals surface area contributed by atoms with E-state index in [9.17, 15) is 18.0 Å². The molecule has 0 saturated carbocycles. The molecular weight excluding hydrogens is 533 g/mol. The monoisotopic (exact) mass is 561 g/mol. The van der Waals surface area contributed by atoms with Gasteiger partial charge in [0.25, 0.3) is 0 Å². The Morgan fingerprint density at radius 2 is 1.32 bits per heavy atom. The van der Waals surface area contributed by atoms with Crippen molar-refractivity contribution >= 4 is 45.0 Å².